The van der Waals surface area contributed by atoms with Gasteiger partial charge in [-0.15, -0.1) is 0 Å². The lowest BCUT2D eigenvalue weighted by Gasteiger charge is -2.37. The zero-order chi connectivity index (χ0) is 23.8. The maximum atomic E-state index is 13.4. The smallest absolute Gasteiger partial charge is 0.259 e. The fraction of sp³-hybridized carbons (Fsp3) is 0.500. The van der Waals surface area contributed by atoms with Crippen molar-refractivity contribution < 1.29 is 14.6 Å². The molecule has 0 unspecified atom stereocenters. The third-order valence-corrected chi connectivity index (χ3v) is 5.80. The van der Waals surface area contributed by atoms with E-state index < -0.39 is 0 Å². The highest BCUT2D eigenvalue weighted by Gasteiger charge is 2.34. The summed E-state index contributed by atoms with van der Waals surface area (Å²) in [5, 5.41) is 9.80. The van der Waals surface area contributed by atoms with Crippen molar-refractivity contribution in [2.75, 3.05) is 26.7 Å². The molecule has 0 aromatic carbocycles. The predicted molar refractivity (Wildman–Crippen MR) is 128 cm³/mol. The van der Waals surface area contributed by atoms with Gasteiger partial charge in [0.15, 0.2) is 0 Å². The van der Waals surface area contributed by atoms with Crippen LogP contribution in [0.25, 0.3) is 0 Å². The fourth-order valence-corrected chi connectivity index (χ4v) is 3.85. The van der Waals surface area contributed by atoms with Crippen LogP contribution >= 0.6 is 0 Å². The first-order valence-electron chi connectivity index (χ1n) is 11.6. The molecule has 2 aromatic heterocycles. The van der Waals surface area contributed by atoms with E-state index in [0.29, 0.717) is 30.1 Å². The van der Waals surface area contributed by atoms with Gasteiger partial charge >= 0.3 is 0 Å². The zero-order valence-electron chi connectivity index (χ0n) is 20.0. The molecule has 7 heteroatoms. The molecule has 1 N–H and O–H groups in total. The van der Waals surface area contributed by atoms with Crippen molar-refractivity contribution in [2.45, 2.75) is 52.3 Å². The number of amides is 1. The molecule has 176 valence electrons. The summed E-state index contributed by atoms with van der Waals surface area (Å²) in [6, 6.07) is 5.43. The van der Waals surface area contributed by atoms with Crippen LogP contribution in [0.2, 0.25) is 0 Å². The highest BCUT2D eigenvalue weighted by molar-refractivity contribution is 5.97. The number of ether oxygens (including phenoxy) is 1. The van der Waals surface area contributed by atoms with Gasteiger partial charge in [-0.2, -0.15) is 0 Å². The quantitative estimate of drug-likeness (QED) is 0.654. The minimum atomic E-state index is -0.311. The molecule has 1 amide bonds. The second-order valence-corrected chi connectivity index (χ2v) is 8.81. The Bertz CT molecular complexity index is 986. The molecule has 0 radical (unpaired) electrons. The molecular weight excluding hydrogens is 416 g/mol. The summed E-state index contributed by atoms with van der Waals surface area (Å²) >= 11 is 0. The van der Waals surface area contributed by atoms with Crippen LogP contribution in [0.15, 0.2) is 36.8 Å². The van der Waals surface area contributed by atoms with Crippen LogP contribution in [0.4, 0.5) is 0 Å². The number of aliphatic hydroxyl groups is 1. The number of aliphatic hydroxyl groups excluding tert-OH is 1. The molecule has 0 saturated carbocycles. The van der Waals surface area contributed by atoms with E-state index in [4.69, 9.17) is 4.74 Å². The van der Waals surface area contributed by atoms with E-state index in [1.54, 1.807) is 23.4 Å². The Labute approximate surface area is 196 Å². The maximum Gasteiger partial charge on any atom is 0.259 e. The van der Waals surface area contributed by atoms with Crippen LogP contribution in [-0.2, 0) is 6.54 Å². The number of carbonyl (C=O) groups excluding carboxylic acids is 1. The molecule has 3 atom stereocenters. The largest absolute Gasteiger partial charge is 0.472 e. The normalized spacial score (nSPS) is 19.1. The van der Waals surface area contributed by atoms with Gasteiger partial charge in [0, 0.05) is 56.1 Å². The molecule has 0 aliphatic carbocycles. The minimum absolute atomic E-state index is 0.0401. The monoisotopic (exact) mass is 450 g/mol. The molecule has 33 heavy (non-hydrogen) atoms. The van der Waals surface area contributed by atoms with Crippen molar-refractivity contribution in [2.24, 2.45) is 5.92 Å². The summed E-state index contributed by atoms with van der Waals surface area (Å²) in [6.45, 7) is 7.77. The molecule has 2 aromatic rings. The van der Waals surface area contributed by atoms with Crippen LogP contribution in [0, 0.1) is 17.8 Å². The summed E-state index contributed by atoms with van der Waals surface area (Å²) in [5.74, 6) is 6.37. The van der Waals surface area contributed by atoms with Crippen molar-refractivity contribution in [3.05, 3.63) is 53.5 Å². The lowest BCUT2D eigenvalue weighted by atomic mass is 9.99. The Morgan fingerprint density at radius 3 is 2.91 bits per heavy atom. The van der Waals surface area contributed by atoms with E-state index in [9.17, 15) is 9.90 Å². The van der Waals surface area contributed by atoms with Gasteiger partial charge in [-0.1, -0.05) is 31.8 Å². The van der Waals surface area contributed by atoms with E-state index in [0.717, 1.165) is 24.9 Å². The topological polar surface area (TPSA) is 78.8 Å². The van der Waals surface area contributed by atoms with Crippen molar-refractivity contribution in [1.82, 2.24) is 19.8 Å². The zero-order valence-corrected chi connectivity index (χ0v) is 20.0. The summed E-state index contributed by atoms with van der Waals surface area (Å²) in [6.07, 6.45) is 6.87. The third kappa shape index (κ3) is 6.53. The van der Waals surface area contributed by atoms with Crippen molar-refractivity contribution in [1.29, 1.82) is 0 Å². The van der Waals surface area contributed by atoms with Gasteiger partial charge in [0.1, 0.15) is 11.7 Å². The van der Waals surface area contributed by atoms with Gasteiger partial charge in [0.2, 0.25) is 5.88 Å². The van der Waals surface area contributed by atoms with Crippen LogP contribution in [0.5, 0.6) is 5.88 Å². The second kappa shape index (κ2) is 11.8. The average molecular weight is 451 g/mol. The lowest BCUT2D eigenvalue weighted by Crippen LogP contribution is -2.49. The molecule has 0 spiro atoms. The first-order valence-corrected chi connectivity index (χ1v) is 11.6. The first-order chi connectivity index (χ1) is 15.9. The minimum Gasteiger partial charge on any atom is -0.472 e. The van der Waals surface area contributed by atoms with Gasteiger partial charge in [-0.25, -0.2) is 4.98 Å². The number of nitrogens with zero attached hydrogens (tertiary/aromatic N) is 4. The maximum absolute atomic E-state index is 13.4. The number of aromatic nitrogens is 2. The number of hydrogen-bond acceptors (Lipinski definition) is 6. The number of rotatable bonds is 7. The number of likely N-dealkylation sites (N-methyl/N-ethyl adjacent to an activating group) is 1. The van der Waals surface area contributed by atoms with Crippen LogP contribution in [0.1, 0.15) is 55.1 Å². The van der Waals surface area contributed by atoms with E-state index in [1.165, 1.54) is 0 Å². The molecule has 0 saturated heterocycles. The number of hydrogen-bond donors (Lipinski definition) is 1. The van der Waals surface area contributed by atoms with E-state index in [2.05, 4.69) is 40.6 Å². The molecular formula is C26H34N4O3. The van der Waals surface area contributed by atoms with Crippen LogP contribution in [0.3, 0.4) is 0 Å². The second-order valence-electron chi connectivity index (χ2n) is 8.81. The summed E-state index contributed by atoms with van der Waals surface area (Å²) in [5.41, 5.74) is 2.21. The molecule has 7 nitrogen and oxygen atoms in total. The number of fused-ring (bicyclic) bond motifs is 1. The van der Waals surface area contributed by atoms with Gasteiger partial charge in [0.05, 0.1) is 12.6 Å². The summed E-state index contributed by atoms with van der Waals surface area (Å²) < 4.78 is 6.34. The van der Waals surface area contributed by atoms with Crippen LogP contribution < -0.4 is 4.74 Å². The average Bonchev–Trinajstić information content (AvgIpc) is 2.82. The van der Waals surface area contributed by atoms with E-state index >= 15 is 0 Å². The Morgan fingerprint density at radius 2 is 2.21 bits per heavy atom. The molecule has 0 fully saturated rings. The molecule has 1 aliphatic rings. The molecule has 0 bridgehead atoms. The first kappa shape index (κ1) is 24.7. The van der Waals surface area contributed by atoms with Gasteiger partial charge in [0.25, 0.3) is 5.91 Å². The number of pyridine rings is 2. The number of unbranched alkanes of at least 4 members (excludes halogenated alkanes) is 1. The third-order valence-electron chi connectivity index (χ3n) is 5.80. The predicted octanol–water partition coefficient (Wildman–Crippen LogP) is 2.98. The standard InChI is InChI=1S/C26H34N4O3/c1-5-6-7-9-21-12-23-25(28-14-21)33-24(17-29(4)16-22-10-8-11-27-13-22)19(2)15-30(26(23)32)20(3)18-31/h8,10-14,19-20,24,31H,5-6,15-18H2,1-4H3/t19-,20-,24-/m0/s1. The Balaban J connectivity index is 1.89. The lowest BCUT2D eigenvalue weighted by molar-refractivity contribution is 0.0325. The molecule has 3 heterocycles. The highest BCUT2D eigenvalue weighted by Crippen LogP contribution is 2.27. The van der Waals surface area contributed by atoms with Gasteiger partial charge in [-0.3, -0.25) is 14.7 Å². The molecule has 1 aliphatic heterocycles. The van der Waals surface area contributed by atoms with Crippen molar-refractivity contribution in [3.8, 4) is 17.7 Å². The van der Waals surface area contributed by atoms with Crippen LogP contribution in [-0.4, -0.2) is 69.7 Å². The SMILES string of the molecule is CCCC#Cc1cnc2c(c1)C(=O)N([C@@H](C)CO)C[C@H](C)[C@H](CN(C)Cc1cccnc1)O2. The van der Waals surface area contributed by atoms with E-state index in [-0.39, 0.29) is 30.6 Å². The number of carbonyl (C=O) groups is 1. The summed E-state index contributed by atoms with van der Waals surface area (Å²) in [7, 11) is 2.04. The van der Waals surface area contributed by atoms with Gasteiger partial charge in [-0.05, 0) is 38.1 Å². The summed E-state index contributed by atoms with van der Waals surface area (Å²) in [4.78, 5) is 26.0. The fourth-order valence-electron chi connectivity index (χ4n) is 3.85. The van der Waals surface area contributed by atoms with E-state index in [1.807, 2.05) is 32.3 Å². The Kier molecular flexibility index (Phi) is 8.81. The van der Waals surface area contributed by atoms with Gasteiger partial charge < -0.3 is 14.7 Å². The van der Waals surface area contributed by atoms with Crippen molar-refractivity contribution >= 4 is 5.91 Å². The molecule has 3 rings (SSSR count). The Morgan fingerprint density at radius 1 is 1.39 bits per heavy atom. The Hall–Kier alpha value is -2.95. The highest BCUT2D eigenvalue weighted by atomic mass is 16.5. The van der Waals surface area contributed by atoms with Crippen molar-refractivity contribution in [3.63, 3.8) is 0 Å².